The maximum atomic E-state index is 12.8. The largest absolute Gasteiger partial charge is 0.326 e. The summed E-state index contributed by atoms with van der Waals surface area (Å²) in [5, 5.41) is 0. The van der Waals surface area contributed by atoms with Crippen molar-refractivity contribution >= 4 is 28.6 Å². The van der Waals surface area contributed by atoms with Crippen LogP contribution in [-0.2, 0) is 0 Å². The second-order valence-corrected chi connectivity index (χ2v) is 2.62. The van der Waals surface area contributed by atoms with Crippen molar-refractivity contribution in [1.82, 2.24) is 0 Å². The molecule has 0 amide bonds. The molecule has 0 aliphatic rings. The van der Waals surface area contributed by atoms with E-state index in [4.69, 9.17) is 0 Å². The van der Waals surface area contributed by atoms with E-state index >= 15 is 0 Å². The Bertz CT molecular complexity index is 237. The Morgan fingerprint density at radius 1 is 1.50 bits per heavy atom. The van der Waals surface area contributed by atoms with Crippen LogP contribution in [0.4, 0.5) is 10.1 Å². The monoisotopic (exact) mass is 251 g/mol. The third kappa shape index (κ3) is 1.59. The van der Waals surface area contributed by atoms with Gasteiger partial charge in [-0.25, -0.2) is 4.39 Å². The minimum Gasteiger partial charge on any atom is -0.326 e. The van der Waals surface area contributed by atoms with Gasteiger partial charge in [0.25, 0.3) is 0 Å². The van der Waals surface area contributed by atoms with Gasteiger partial charge in [0.1, 0.15) is 5.82 Å². The predicted octanol–water partition coefficient (Wildman–Crippen LogP) is 2.90. The molecular weight excluding hydrogens is 244 g/mol. The molecule has 0 atom stereocenters. The summed E-state index contributed by atoms with van der Waals surface area (Å²) in [5.74, 6) is -0.200. The molecule has 0 aliphatic carbocycles. The molecule has 0 bridgehead atoms. The third-order valence-corrected chi connectivity index (χ3v) is 1.81. The number of halogens is 2. The lowest BCUT2D eigenvalue weighted by Crippen LogP contribution is -1.85. The first-order valence-corrected chi connectivity index (χ1v) is 3.94. The molecule has 1 aromatic carbocycles. The quantitative estimate of drug-likeness (QED) is 0.597. The maximum absolute atomic E-state index is 12.8. The highest BCUT2D eigenvalue weighted by Crippen LogP contribution is 2.16. The summed E-state index contributed by atoms with van der Waals surface area (Å²) in [5.41, 5.74) is 1.47. The van der Waals surface area contributed by atoms with Gasteiger partial charge in [0.15, 0.2) is 0 Å². The van der Waals surface area contributed by atoms with Gasteiger partial charge in [-0.2, -0.15) is 0 Å². The smallest absolute Gasteiger partial charge is 0.147 e. The van der Waals surface area contributed by atoms with Crippen molar-refractivity contribution in [3.8, 4) is 0 Å². The van der Waals surface area contributed by atoms with Crippen molar-refractivity contribution in [2.24, 2.45) is 0 Å². The van der Waals surface area contributed by atoms with Gasteiger partial charge in [0, 0.05) is 0 Å². The maximum Gasteiger partial charge on any atom is 0.147 e. The summed E-state index contributed by atoms with van der Waals surface area (Å²) in [6, 6.07) is 5.09. The summed E-state index contributed by atoms with van der Waals surface area (Å²) in [6.07, 6.45) is 0. The van der Waals surface area contributed by atoms with Gasteiger partial charge in [-0.15, -0.1) is 0 Å². The Hall–Kier alpha value is -0.320. The van der Waals surface area contributed by atoms with Crippen molar-refractivity contribution in [1.29, 1.82) is 0 Å². The molecular formula is C7H7FIN. The zero-order valence-corrected chi connectivity index (χ0v) is 7.65. The first-order valence-electron chi connectivity index (χ1n) is 2.87. The number of hydrogen-bond donors (Lipinski definition) is 1. The SMILES string of the molecule is Cc1ccc(NI)c(F)c1. The van der Waals surface area contributed by atoms with E-state index in [0.29, 0.717) is 5.69 Å². The summed E-state index contributed by atoms with van der Waals surface area (Å²) in [7, 11) is 0. The van der Waals surface area contributed by atoms with E-state index in [-0.39, 0.29) is 5.82 Å². The first-order chi connectivity index (χ1) is 4.74. The van der Waals surface area contributed by atoms with E-state index in [2.05, 4.69) is 3.53 Å². The van der Waals surface area contributed by atoms with Crippen molar-refractivity contribution in [3.63, 3.8) is 0 Å². The molecule has 0 aromatic heterocycles. The van der Waals surface area contributed by atoms with E-state index in [9.17, 15) is 4.39 Å². The van der Waals surface area contributed by atoms with Crippen LogP contribution in [0.15, 0.2) is 18.2 Å². The van der Waals surface area contributed by atoms with Gasteiger partial charge in [-0.05, 0) is 24.6 Å². The number of benzene rings is 1. The predicted molar refractivity (Wildman–Crippen MR) is 48.8 cm³/mol. The summed E-state index contributed by atoms with van der Waals surface area (Å²) in [4.78, 5) is 0. The van der Waals surface area contributed by atoms with Crippen LogP contribution >= 0.6 is 22.9 Å². The van der Waals surface area contributed by atoms with Crippen molar-refractivity contribution in [2.45, 2.75) is 6.92 Å². The van der Waals surface area contributed by atoms with E-state index in [0.717, 1.165) is 5.56 Å². The van der Waals surface area contributed by atoms with Crippen molar-refractivity contribution in [3.05, 3.63) is 29.6 Å². The molecule has 0 heterocycles. The van der Waals surface area contributed by atoms with Crippen LogP contribution in [0.2, 0.25) is 0 Å². The van der Waals surface area contributed by atoms with E-state index in [1.54, 1.807) is 6.07 Å². The normalized spacial score (nSPS) is 9.50. The minimum absolute atomic E-state index is 0.200. The molecule has 0 saturated carbocycles. The van der Waals surface area contributed by atoms with E-state index < -0.39 is 0 Å². The highest BCUT2D eigenvalue weighted by Gasteiger charge is 1.97. The van der Waals surface area contributed by atoms with E-state index in [1.807, 2.05) is 35.9 Å². The first kappa shape index (κ1) is 7.78. The van der Waals surface area contributed by atoms with Crippen LogP contribution in [0, 0.1) is 12.7 Å². The highest BCUT2D eigenvalue weighted by molar-refractivity contribution is 14.1. The Kier molecular flexibility index (Phi) is 2.48. The molecule has 1 rings (SSSR count). The molecule has 0 unspecified atom stereocenters. The van der Waals surface area contributed by atoms with Crippen LogP contribution in [0.1, 0.15) is 5.56 Å². The van der Waals surface area contributed by atoms with Crippen LogP contribution < -0.4 is 3.53 Å². The average Bonchev–Trinajstić information content (AvgIpc) is 1.88. The van der Waals surface area contributed by atoms with Gasteiger partial charge in [-0.3, -0.25) is 0 Å². The highest BCUT2D eigenvalue weighted by atomic mass is 127. The Labute approximate surface area is 73.1 Å². The molecule has 0 fully saturated rings. The molecule has 54 valence electrons. The standard InChI is InChI=1S/C7H7FIN/c1-5-2-3-7(10-9)6(8)4-5/h2-4,10H,1H3. The Morgan fingerprint density at radius 2 is 2.20 bits per heavy atom. The van der Waals surface area contributed by atoms with Crippen LogP contribution in [0.5, 0.6) is 0 Å². The number of aryl methyl sites for hydroxylation is 1. The second-order valence-electron chi connectivity index (χ2n) is 2.08. The van der Waals surface area contributed by atoms with Gasteiger partial charge in [-0.1, -0.05) is 6.07 Å². The van der Waals surface area contributed by atoms with Gasteiger partial charge < -0.3 is 3.53 Å². The van der Waals surface area contributed by atoms with Gasteiger partial charge in [0.05, 0.1) is 28.6 Å². The zero-order valence-electron chi connectivity index (χ0n) is 5.49. The molecule has 0 radical (unpaired) electrons. The molecule has 3 heteroatoms. The lowest BCUT2D eigenvalue weighted by molar-refractivity contribution is 0.631. The summed E-state index contributed by atoms with van der Waals surface area (Å²) < 4.78 is 15.5. The number of rotatable bonds is 1. The van der Waals surface area contributed by atoms with Crippen LogP contribution in [0.3, 0.4) is 0 Å². The zero-order chi connectivity index (χ0) is 7.56. The average molecular weight is 251 g/mol. The molecule has 10 heavy (non-hydrogen) atoms. The van der Waals surface area contributed by atoms with Crippen molar-refractivity contribution in [2.75, 3.05) is 3.53 Å². The molecule has 0 aliphatic heterocycles. The molecule has 0 spiro atoms. The fourth-order valence-electron chi connectivity index (χ4n) is 0.697. The fourth-order valence-corrected chi connectivity index (χ4v) is 1.13. The third-order valence-electron chi connectivity index (χ3n) is 1.23. The minimum atomic E-state index is -0.200. The Balaban J connectivity index is 3.07. The van der Waals surface area contributed by atoms with Crippen LogP contribution in [0.25, 0.3) is 0 Å². The lowest BCUT2D eigenvalue weighted by Gasteiger charge is -1.99. The fraction of sp³-hybridized carbons (Fsp3) is 0.143. The summed E-state index contributed by atoms with van der Waals surface area (Å²) >= 11 is 1.90. The number of anilines is 1. The lowest BCUT2D eigenvalue weighted by atomic mass is 10.2. The van der Waals surface area contributed by atoms with Gasteiger partial charge in [0.2, 0.25) is 0 Å². The van der Waals surface area contributed by atoms with Crippen LogP contribution in [-0.4, -0.2) is 0 Å². The number of hydrogen-bond acceptors (Lipinski definition) is 1. The molecule has 0 saturated heterocycles. The topological polar surface area (TPSA) is 12.0 Å². The molecule has 1 nitrogen and oxygen atoms in total. The molecule has 1 N–H and O–H groups in total. The van der Waals surface area contributed by atoms with Crippen molar-refractivity contribution < 1.29 is 4.39 Å². The summed E-state index contributed by atoms with van der Waals surface area (Å²) in [6.45, 7) is 1.86. The molecule has 1 aromatic rings. The second kappa shape index (κ2) is 3.18. The van der Waals surface area contributed by atoms with E-state index in [1.165, 1.54) is 6.07 Å². The van der Waals surface area contributed by atoms with Gasteiger partial charge >= 0.3 is 0 Å². The number of nitrogens with one attached hydrogen (secondary N) is 1. The Morgan fingerprint density at radius 3 is 2.70 bits per heavy atom.